The molecule has 108 valence electrons. The van der Waals surface area contributed by atoms with Crippen molar-refractivity contribution >= 4 is 11.3 Å². The fourth-order valence-electron chi connectivity index (χ4n) is 1.81. The van der Waals surface area contributed by atoms with E-state index >= 15 is 0 Å². The van der Waals surface area contributed by atoms with Crippen LogP contribution in [0.1, 0.15) is 35.0 Å². The van der Waals surface area contributed by atoms with E-state index < -0.39 is 0 Å². The van der Waals surface area contributed by atoms with Gasteiger partial charge in [0.05, 0.1) is 5.69 Å². The molecule has 2 aromatic rings. The molecule has 0 aliphatic rings. The number of aryl methyl sites for hydroxylation is 2. The summed E-state index contributed by atoms with van der Waals surface area (Å²) >= 11 is 1.70. The van der Waals surface area contributed by atoms with Crippen molar-refractivity contribution in [1.82, 2.24) is 10.3 Å². The molecule has 0 fully saturated rings. The Balaban J connectivity index is 1.94. The van der Waals surface area contributed by atoms with Gasteiger partial charge in [-0.3, -0.25) is 0 Å². The molecule has 0 radical (unpaired) electrons. The number of ether oxygens (including phenoxy) is 1. The maximum absolute atomic E-state index is 5.83. The van der Waals surface area contributed by atoms with Crippen molar-refractivity contribution < 1.29 is 4.74 Å². The molecule has 4 heteroatoms. The van der Waals surface area contributed by atoms with Gasteiger partial charge in [0.2, 0.25) is 0 Å². The zero-order valence-corrected chi connectivity index (χ0v) is 13.4. The highest BCUT2D eigenvalue weighted by atomic mass is 32.1. The van der Waals surface area contributed by atoms with Crippen LogP contribution in [0.2, 0.25) is 0 Å². The summed E-state index contributed by atoms with van der Waals surface area (Å²) in [5.41, 5.74) is 2.34. The van der Waals surface area contributed by atoms with E-state index in [9.17, 15) is 0 Å². The molecule has 1 aromatic carbocycles. The summed E-state index contributed by atoms with van der Waals surface area (Å²) in [7, 11) is 0. The van der Waals surface area contributed by atoms with Crippen LogP contribution in [0.4, 0.5) is 0 Å². The number of aromatic nitrogens is 1. The highest BCUT2D eigenvalue weighted by Gasteiger charge is 2.05. The molecular weight excluding hydrogens is 268 g/mol. The third-order valence-corrected chi connectivity index (χ3v) is 4.09. The van der Waals surface area contributed by atoms with Gasteiger partial charge in [-0.2, -0.15) is 0 Å². The Morgan fingerprint density at radius 3 is 2.75 bits per heavy atom. The zero-order valence-electron chi connectivity index (χ0n) is 12.6. The Kier molecular flexibility index (Phi) is 5.15. The second-order valence-electron chi connectivity index (χ2n) is 5.22. The predicted molar refractivity (Wildman–Crippen MR) is 84.3 cm³/mol. The molecule has 1 heterocycles. The minimum Gasteiger partial charge on any atom is -0.486 e. The van der Waals surface area contributed by atoms with Gasteiger partial charge in [0, 0.05) is 17.5 Å². The van der Waals surface area contributed by atoms with Gasteiger partial charge in [0.15, 0.2) is 0 Å². The quantitative estimate of drug-likeness (QED) is 0.877. The number of benzene rings is 1. The lowest BCUT2D eigenvalue weighted by Gasteiger charge is -2.10. The van der Waals surface area contributed by atoms with E-state index in [0.29, 0.717) is 12.6 Å². The van der Waals surface area contributed by atoms with Gasteiger partial charge in [-0.15, -0.1) is 11.3 Å². The summed E-state index contributed by atoms with van der Waals surface area (Å²) in [5, 5.41) is 4.44. The van der Waals surface area contributed by atoms with Crippen LogP contribution in [0.15, 0.2) is 24.3 Å². The summed E-state index contributed by atoms with van der Waals surface area (Å²) in [6, 6.07) is 8.71. The second kappa shape index (κ2) is 6.86. The molecule has 0 amide bonds. The number of thiazole rings is 1. The van der Waals surface area contributed by atoms with E-state index in [1.54, 1.807) is 11.3 Å². The molecule has 0 spiro atoms. The number of hydrogen-bond acceptors (Lipinski definition) is 4. The van der Waals surface area contributed by atoms with Gasteiger partial charge in [-0.25, -0.2) is 4.98 Å². The van der Waals surface area contributed by atoms with Crippen LogP contribution in [0.25, 0.3) is 0 Å². The fraction of sp³-hybridized carbons (Fsp3) is 0.438. The van der Waals surface area contributed by atoms with Crippen molar-refractivity contribution in [2.45, 2.75) is 46.9 Å². The highest BCUT2D eigenvalue weighted by molar-refractivity contribution is 7.11. The van der Waals surface area contributed by atoms with E-state index in [-0.39, 0.29) is 0 Å². The lowest BCUT2D eigenvalue weighted by atomic mass is 10.2. The van der Waals surface area contributed by atoms with E-state index in [0.717, 1.165) is 23.0 Å². The maximum Gasteiger partial charge on any atom is 0.140 e. The standard InChI is InChI=1S/C16H22N2OS/c1-11(2)17-9-14-6-5-7-15(8-14)19-10-16-18-12(3)13(4)20-16/h5-8,11,17H,9-10H2,1-4H3. The third-order valence-electron chi connectivity index (χ3n) is 3.05. The Bertz CT molecular complexity index is 544. The van der Waals surface area contributed by atoms with Crippen LogP contribution in [0.3, 0.4) is 0 Å². The second-order valence-corrected chi connectivity index (χ2v) is 6.51. The molecule has 0 aliphatic heterocycles. The summed E-state index contributed by atoms with van der Waals surface area (Å²) in [6.45, 7) is 9.83. The summed E-state index contributed by atoms with van der Waals surface area (Å²) in [4.78, 5) is 5.75. The van der Waals surface area contributed by atoms with Crippen LogP contribution in [-0.4, -0.2) is 11.0 Å². The monoisotopic (exact) mass is 290 g/mol. The lowest BCUT2D eigenvalue weighted by molar-refractivity contribution is 0.305. The summed E-state index contributed by atoms with van der Waals surface area (Å²) in [6.07, 6.45) is 0. The largest absolute Gasteiger partial charge is 0.486 e. The SMILES string of the molecule is Cc1nc(COc2cccc(CNC(C)C)c2)sc1C. The van der Waals surface area contributed by atoms with E-state index in [2.05, 4.69) is 43.2 Å². The normalized spacial score (nSPS) is 11.1. The minimum absolute atomic E-state index is 0.487. The van der Waals surface area contributed by atoms with Crippen LogP contribution >= 0.6 is 11.3 Å². The number of rotatable bonds is 6. The van der Waals surface area contributed by atoms with Crippen molar-refractivity contribution in [2.24, 2.45) is 0 Å². The molecule has 20 heavy (non-hydrogen) atoms. The van der Waals surface area contributed by atoms with Gasteiger partial charge in [0.25, 0.3) is 0 Å². The first kappa shape index (κ1) is 15.0. The third kappa shape index (κ3) is 4.32. The topological polar surface area (TPSA) is 34.1 Å². The smallest absolute Gasteiger partial charge is 0.140 e. The molecule has 0 unspecified atom stereocenters. The maximum atomic E-state index is 5.83. The molecule has 0 saturated heterocycles. The first-order valence-electron chi connectivity index (χ1n) is 6.92. The average Bonchev–Trinajstić information content (AvgIpc) is 2.74. The molecule has 3 nitrogen and oxygen atoms in total. The number of nitrogens with one attached hydrogen (secondary N) is 1. The molecule has 1 aromatic heterocycles. The Morgan fingerprint density at radius 1 is 1.30 bits per heavy atom. The van der Waals surface area contributed by atoms with Gasteiger partial charge in [-0.1, -0.05) is 26.0 Å². The van der Waals surface area contributed by atoms with Crippen molar-refractivity contribution in [2.75, 3.05) is 0 Å². The van der Waals surface area contributed by atoms with Gasteiger partial charge < -0.3 is 10.1 Å². The Labute approximate surface area is 125 Å². The van der Waals surface area contributed by atoms with Crippen molar-refractivity contribution in [3.05, 3.63) is 45.4 Å². The van der Waals surface area contributed by atoms with Crippen LogP contribution in [0.5, 0.6) is 5.75 Å². The van der Waals surface area contributed by atoms with Gasteiger partial charge in [-0.05, 0) is 31.5 Å². The Morgan fingerprint density at radius 2 is 2.10 bits per heavy atom. The summed E-state index contributed by atoms with van der Waals surface area (Å²) < 4.78 is 5.83. The molecule has 0 atom stereocenters. The van der Waals surface area contributed by atoms with E-state index in [4.69, 9.17) is 4.74 Å². The van der Waals surface area contributed by atoms with Crippen molar-refractivity contribution in [3.63, 3.8) is 0 Å². The van der Waals surface area contributed by atoms with E-state index in [1.165, 1.54) is 10.4 Å². The van der Waals surface area contributed by atoms with Crippen LogP contribution in [-0.2, 0) is 13.2 Å². The molecular formula is C16H22N2OS. The molecule has 0 bridgehead atoms. The number of nitrogens with zero attached hydrogens (tertiary/aromatic N) is 1. The van der Waals surface area contributed by atoms with E-state index in [1.807, 2.05) is 19.1 Å². The number of hydrogen-bond donors (Lipinski definition) is 1. The van der Waals surface area contributed by atoms with Crippen LogP contribution in [0, 0.1) is 13.8 Å². The zero-order chi connectivity index (χ0) is 14.5. The molecule has 1 N–H and O–H groups in total. The molecule has 2 rings (SSSR count). The van der Waals surface area contributed by atoms with Gasteiger partial charge in [0.1, 0.15) is 17.4 Å². The molecule has 0 aliphatic carbocycles. The fourth-order valence-corrected chi connectivity index (χ4v) is 2.66. The van der Waals surface area contributed by atoms with Crippen molar-refractivity contribution in [3.8, 4) is 5.75 Å². The lowest BCUT2D eigenvalue weighted by Crippen LogP contribution is -2.21. The summed E-state index contributed by atoms with van der Waals surface area (Å²) in [5.74, 6) is 0.901. The molecule has 0 saturated carbocycles. The first-order chi connectivity index (χ1) is 9.54. The minimum atomic E-state index is 0.487. The highest BCUT2D eigenvalue weighted by Crippen LogP contribution is 2.19. The first-order valence-corrected chi connectivity index (χ1v) is 7.74. The van der Waals surface area contributed by atoms with Crippen LogP contribution < -0.4 is 10.1 Å². The Hall–Kier alpha value is -1.39. The van der Waals surface area contributed by atoms with Gasteiger partial charge >= 0.3 is 0 Å². The predicted octanol–water partition coefficient (Wildman–Crippen LogP) is 3.84. The van der Waals surface area contributed by atoms with Crippen molar-refractivity contribution in [1.29, 1.82) is 0 Å². The average molecular weight is 290 g/mol.